The minimum absolute atomic E-state index is 0.115. The number of nitrogens with one attached hydrogen (secondary N) is 1. The van der Waals surface area contributed by atoms with Crippen molar-refractivity contribution in [2.75, 3.05) is 5.32 Å². The summed E-state index contributed by atoms with van der Waals surface area (Å²) in [6.07, 6.45) is 7.38. The van der Waals surface area contributed by atoms with Crippen LogP contribution in [0.15, 0.2) is 61.4 Å². The van der Waals surface area contributed by atoms with Crippen molar-refractivity contribution in [1.82, 2.24) is 19.5 Å². The molecule has 174 valence electrons. The fraction of sp³-hybridized carbons (Fsp3) is 0.217. The number of aliphatic hydroxyl groups excluding tert-OH is 1. The van der Waals surface area contributed by atoms with Crippen LogP contribution in [0.4, 0.5) is 14.5 Å². The van der Waals surface area contributed by atoms with Crippen molar-refractivity contribution >= 4 is 34.2 Å². The second kappa shape index (κ2) is 8.62. The Labute approximate surface area is 197 Å². The zero-order valence-corrected chi connectivity index (χ0v) is 18.3. The van der Waals surface area contributed by atoms with Gasteiger partial charge in [-0.05, 0) is 49.2 Å². The number of anilines is 1. The number of hydrogen-bond donors (Lipinski definition) is 2. The Hall–Kier alpha value is -3.63. The maximum absolute atomic E-state index is 13.0. The molecule has 2 aromatic heterocycles. The topological polar surface area (TPSA) is 102 Å². The number of halogens is 3. The second-order valence-corrected chi connectivity index (χ2v) is 8.42. The van der Waals surface area contributed by atoms with E-state index in [9.17, 15) is 18.7 Å². The van der Waals surface area contributed by atoms with E-state index in [1.165, 1.54) is 30.6 Å². The SMILES string of the molecule is O=C(Nc1ccc(OC(F)(F)Cl)cc1)c1cc(-c2cncnc2)c2c(c1)ncn2[C@H]1C[C@H](O)C1. The first-order valence-corrected chi connectivity index (χ1v) is 10.8. The van der Waals surface area contributed by atoms with Crippen LogP contribution in [0.5, 0.6) is 5.75 Å². The molecule has 1 saturated carbocycles. The van der Waals surface area contributed by atoms with Crippen LogP contribution >= 0.6 is 11.6 Å². The van der Waals surface area contributed by atoms with Gasteiger partial charge in [0.1, 0.15) is 12.1 Å². The number of aliphatic hydroxyl groups is 1. The highest BCUT2D eigenvalue weighted by Gasteiger charge is 2.31. The van der Waals surface area contributed by atoms with E-state index in [-0.39, 0.29) is 17.9 Å². The molecule has 0 bridgehead atoms. The summed E-state index contributed by atoms with van der Waals surface area (Å²) in [7, 11) is 0. The van der Waals surface area contributed by atoms with Gasteiger partial charge < -0.3 is 19.7 Å². The first-order valence-electron chi connectivity index (χ1n) is 10.4. The molecule has 1 aliphatic carbocycles. The molecule has 0 saturated heterocycles. The highest BCUT2D eigenvalue weighted by atomic mass is 35.5. The number of amides is 1. The number of imidazole rings is 1. The van der Waals surface area contributed by atoms with Gasteiger partial charge in [0.15, 0.2) is 0 Å². The highest BCUT2D eigenvalue weighted by Crippen LogP contribution is 2.38. The number of alkyl halides is 3. The number of ether oxygens (including phenoxy) is 1. The predicted molar refractivity (Wildman–Crippen MR) is 121 cm³/mol. The first-order chi connectivity index (χ1) is 16.3. The Kier molecular flexibility index (Phi) is 5.62. The van der Waals surface area contributed by atoms with Crippen molar-refractivity contribution in [3.8, 4) is 16.9 Å². The van der Waals surface area contributed by atoms with E-state index in [1.54, 1.807) is 30.9 Å². The molecule has 1 amide bonds. The van der Waals surface area contributed by atoms with Crippen LogP contribution in [-0.4, -0.2) is 42.2 Å². The maximum Gasteiger partial charge on any atom is 0.487 e. The fourth-order valence-corrected chi connectivity index (χ4v) is 4.06. The Balaban J connectivity index is 1.47. The number of rotatable bonds is 6. The molecular weight excluding hydrogens is 468 g/mol. The van der Waals surface area contributed by atoms with Crippen molar-refractivity contribution in [2.24, 2.45) is 0 Å². The molecule has 0 aliphatic heterocycles. The molecule has 2 aromatic carbocycles. The summed E-state index contributed by atoms with van der Waals surface area (Å²) >= 11 is 4.77. The van der Waals surface area contributed by atoms with Gasteiger partial charge in [0.2, 0.25) is 0 Å². The van der Waals surface area contributed by atoms with E-state index in [0.717, 1.165) is 11.1 Å². The van der Waals surface area contributed by atoms with E-state index in [2.05, 4.69) is 25.0 Å². The summed E-state index contributed by atoms with van der Waals surface area (Å²) in [5.74, 6) is -0.553. The normalized spacial score (nSPS) is 17.9. The Morgan fingerprint density at radius 2 is 1.88 bits per heavy atom. The van der Waals surface area contributed by atoms with Gasteiger partial charge in [0, 0.05) is 52.4 Å². The fourth-order valence-electron chi connectivity index (χ4n) is 3.97. The molecule has 8 nitrogen and oxygen atoms in total. The number of carbonyl (C=O) groups is 1. The molecule has 0 unspecified atom stereocenters. The lowest BCUT2D eigenvalue weighted by Gasteiger charge is -2.33. The number of carbonyl (C=O) groups excluding carboxylic acids is 1. The molecule has 2 heterocycles. The molecule has 2 N–H and O–H groups in total. The summed E-state index contributed by atoms with van der Waals surface area (Å²) in [4.78, 5) is 25.7. The zero-order valence-electron chi connectivity index (χ0n) is 17.5. The summed E-state index contributed by atoms with van der Waals surface area (Å²) in [6, 6.07) is 8.93. The van der Waals surface area contributed by atoms with Gasteiger partial charge in [-0.15, -0.1) is 8.78 Å². The third kappa shape index (κ3) is 4.55. The lowest BCUT2D eigenvalue weighted by atomic mass is 9.89. The minimum atomic E-state index is -3.82. The van der Waals surface area contributed by atoms with E-state index < -0.39 is 11.5 Å². The van der Waals surface area contributed by atoms with Crippen LogP contribution in [0, 0.1) is 0 Å². The summed E-state index contributed by atoms with van der Waals surface area (Å²) in [6.45, 7) is 0. The van der Waals surface area contributed by atoms with E-state index in [1.807, 2.05) is 4.57 Å². The smallest absolute Gasteiger partial charge is 0.420 e. The van der Waals surface area contributed by atoms with Gasteiger partial charge >= 0.3 is 5.57 Å². The van der Waals surface area contributed by atoms with Crippen LogP contribution in [-0.2, 0) is 0 Å². The van der Waals surface area contributed by atoms with E-state index >= 15 is 0 Å². The molecule has 1 fully saturated rings. The predicted octanol–water partition coefficient (Wildman–Crippen LogP) is 4.61. The number of benzene rings is 2. The van der Waals surface area contributed by atoms with Gasteiger partial charge in [-0.1, -0.05) is 0 Å². The van der Waals surface area contributed by atoms with Crippen LogP contribution in [0.1, 0.15) is 29.2 Å². The van der Waals surface area contributed by atoms with Crippen molar-refractivity contribution in [3.05, 3.63) is 67.0 Å². The van der Waals surface area contributed by atoms with Crippen LogP contribution in [0.2, 0.25) is 0 Å². The molecule has 4 aromatic rings. The summed E-state index contributed by atoms with van der Waals surface area (Å²) in [5.41, 5.74) is -0.208. The highest BCUT2D eigenvalue weighted by molar-refractivity contribution is 6.20. The Morgan fingerprint density at radius 3 is 2.53 bits per heavy atom. The molecule has 34 heavy (non-hydrogen) atoms. The molecule has 11 heteroatoms. The Bertz CT molecular complexity index is 1340. The molecule has 1 aliphatic rings. The lowest BCUT2D eigenvalue weighted by molar-refractivity contribution is -0.0964. The minimum Gasteiger partial charge on any atom is -0.420 e. The number of fused-ring (bicyclic) bond motifs is 1. The number of aromatic nitrogens is 4. The van der Waals surface area contributed by atoms with Gasteiger partial charge in [-0.3, -0.25) is 4.79 Å². The van der Waals surface area contributed by atoms with Gasteiger partial charge in [-0.25, -0.2) is 15.0 Å². The maximum atomic E-state index is 13.0. The first kappa shape index (κ1) is 22.2. The van der Waals surface area contributed by atoms with Crippen LogP contribution in [0.25, 0.3) is 22.2 Å². The zero-order chi connectivity index (χ0) is 23.9. The van der Waals surface area contributed by atoms with Crippen molar-refractivity contribution in [1.29, 1.82) is 0 Å². The summed E-state index contributed by atoms with van der Waals surface area (Å²) < 4.78 is 31.9. The molecule has 0 atom stereocenters. The average molecular weight is 486 g/mol. The van der Waals surface area contributed by atoms with E-state index in [0.29, 0.717) is 35.2 Å². The quantitative estimate of drug-likeness (QED) is 0.387. The average Bonchev–Trinajstić information content (AvgIpc) is 3.21. The van der Waals surface area contributed by atoms with Gasteiger partial charge in [0.05, 0.1) is 23.5 Å². The van der Waals surface area contributed by atoms with Crippen molar-refractivity contribution in [2.45, 2.75) is 30.6 Å². The van der Waals surface area contributed by atoms with Crippen molar-refractivity contribution in [3.63, 3.8) is 0 Å². The van der Waals surface area contributed by atoms with Gasteiger partial charge in [-0.2, -0.15) is 0 Å². The van der Waals surface area contributed by atoms with Crippen molar-refractivity contribution < 1.29 is 23.4 Å². The van der Waals surface area contributed by atoms with E-state index in [4.69, 9.17) is 11.6 Å². The molecule has 0 radical (unpaired) electrons. The molecule has 5 rings (SSSR count). The monoisotopic (exact) mass is 485 g/mol. The number of hydrogen-bond acceptors (Lipinski definition) is 6. The lowest BCUT2D eigenvalue weighted by Crippen LogP contribution is -2.30. The number of nitrogens with zero attached hydrogens (tertiary/aromatic N) is 4. The van der Waals surface area contributed by atoms with Crippen LogP contribution < -0.4 is 10.1 Å². The second-order valence-electron chi connectivity index (χ2n) is 7.98. The third-order valence-corrected chi connectivity index (χ3v) is 5.71. The Morgan fingerprint density at radius 1 is 1.18 bits per heavy atom. The van der Waals surface area contributed by atoms with Gasteiger partial charge in [0.25, 0.3) is 5.91 Å². The van der Waals surface area contributed by atoms with Crippen LogP contribution in [0.3, 0.4) is 0 Å². The standard InChI is InChI=1S/C23H18ClF2N5O3/c24-23(25,26)34-18-3-1-15(2-4-18)30-22(33)13-5-19(14-9-27-11-28-10-14)21-20(6-13)29-12-31(21)16-7-17(32)8-16/h1-6,9-12,16-17,32H,7-8H2,(H,30,33)/t16-,17-. The third-order valence-electron chi connectivity index (χ3n) is 5.63. The summed E-state index contributed by atoms with van der Waals surface area (Å²) in [5, 5.41) is 12.5. The molecule has 0 spiro atoms. The molecular formula is C23H18ClF2N5O3. The largest absolute Gasteiger partial charge is 0.487 e.